The summed E-state index contributed by atoms with van der Waals surface area (Å²) in [6.07, 6.45) is 4.06. The molecule has 0 bridgehead atoms. The van der Waals surface area contributed by atoms with Crippen molar-refractivity contribution in [3.8, 4) is 0 Å². The molecule has 0 aliphatic heterocycles. The first-order valence-electron chi connectivity index (χ1n) is 11.9. The van der Waals surface area contributed by atoms with Crippen LogP contribution in [0.1, 0.15) is 59.8 Å². The van der Waals surface area contributed by atoms with E-state index < -0.39 is 21.9 Å². The van der Waals surface area contributed by atoms with Crippen molar-refractivity contribution in [2.24, 2.45) is 34.5 Å². The topological polar surface area (TPSA) is 110 Å². The van der Waals surface area contributed by atoms with Crippen molar-refractivity contribution in [1.29, 1.82) is 0 Å². The van der Waals surface area contributed by atoms with Crippen molar-refractivity contribution < 1.29 is 31.5 Å². The van der Waals surface area contributed by atoms with Crippen LogP contribution < -0.4 is 0 Å². The molecule has 3 fully saturated rings. The molecule has 0 spiro atoms. The summed E-state index contributed by atoms with van der Waals surface area (Å²) < 4.78 is 42.4. The van der Waals surface area contributed by atoms with Crippen LogP contribution >= 0.6 is 0 Å². The van der Waals surface area contributed by atoms with E-state index in [1.807, 2.05) is 39.8 Å². The van der Waals surface area contributed by atoms with Crippen molar-refractivity contribution >= 4 is 22.2 Å². The van der Waals surface area contributed by atoms with Crippen LogP contribution in [0.25, 0.3) is 0 Å². The zero-order valence-corrected chi connectivity index (χ0v) is 21.5. The normalized spacial score (nSPS) is 37.5. The van der Waals surface area contributed by atoms with Crippen molar-refractivity contribution in [2.45, 2.75) is 65.9 Å². The van der Waals surface area contributed by atoms with E-state index in [0.717, 1.165) is 24.8 Å². The third kappa shape index (κ3) is 5.36. The molecule has 3 saturated carbocycles. The SMILES string of the molecule is C[C@H]1/C(=C/C(=O)OCCN(C)C)CC[C@H]2[C@H]1C(=O)C[C@H]1C(C)(C)[C@@H](OS(=O)(=O)O)CC[C@]21C. The van der Waals surface area contributed by atoms with E-state index in [1.54, 1.807) is 6.08 Å². The van der Waals surface area contributed by atoms with Gasteiger partial charge in [-0.2, -0.15) is 8.42 Å². The monoisotopic (exact) mass is 485 g/mol. The fourth-order valence-corrected chi connectivity index (χ4v) is 7.57. The van der Waals surface area contributed by atoms with Crippen LogP contribution in [0.5, 0.6) is 0 Å². The Bertz CT molecular complexity index is 910. The molecule has 0 heterocycles. The third-order valence-corrected chi connectivity index (χ3v) is 9.19. The maximum Gasteiger partial charge on any atom is 0.397 e. The van der Waals surface area contributed by atoms with Gasteiger partial charge in [-0.15, -0.1) is 0 Å². The molecule has 3 rings (SSSR count). The van der Waals surface area contributed by atoms with Gasteiger partial charge in [0.15, 0.2) is 0 Å². The molecule has 0 radical (unpaired) electrons. The molecule has 0 aromatic carbocycles. The lowest BCUT2D eigenvalue weighted by atomic mass is 9.42. The zero-order valence-electron chi connectivity index (χ0n) is 20.7. The van der Waals surface area contributed by atoms with E-state index >= 15 is 0 Å². The number of fused-ring (bicyclic) bond motifs is 3. The molecule has 1 N–H and O–H groups in total. The van der Waals surface area contributed by atoms with Crippen LogP contribution in [-0.4, -0.2) is 63.0 Å². The molecule has 188 valence electrons. The Kier molecular flexibility index (Phi) is 7.49. The Morgan fingerprint density at radius 3 is 2.52 bits per heavy atom. The predicted octanol–water partition coefficient (Wildman–Crippen LogP) is 3.28. The Hall–Kier alpha value is -1.29. The number of carbonyl (C=O) groups is 2. The third-order valence-electron chi connectivity index (χ3n) is 8.72. The van der Waals surface area contributed by atoms with E-state index in [0.29, 0.717) is 26.0 Å². The minimum atomic E-state index is -4.57. The Labute approximate surface area is 198 Å². The van der Waals surface area contributed by atoms with Crippen LogP contribution in [0.4, 0.5) is 0 Å². The Balaban J connectivity index is 1.80. The summed E-state index contributed by atoms with van der Waals surface area (Å²) >= 11 is 0. The van der Waals surface area contributed by atoms with Gasteiger partial charge in [-0.05, 0) is 68.4 Å². The fourth-order valence-electron chi connectivity index (χ4n) is 6.94. The minimum absolute atomic E-state index is 0.0367. The highest BCUT2D eigenvalue weighted by Crippen LogP contribution is 2.64. The summed E-state index contributed by atoms with van der Waals surface area (Å²) in [4.78, 5) is 27.7. The first-order valence-corrected chi connectivity index (χ1v) is 13.2. The second-order valence-corrected chi connectivity index (χ2v) is 12.3. The Morgan fingerprint density at radius 2 is 1.91 bits per heavy atom. The van der Waals surface area contributed by atoms with Crippen molar-refractivity contribution in [3.05, 3.63) is 11.6 Å². The number of Topliss-reactive ketones (excluding diaryl/α,β-unsaturated/α-hetero) is 1. The molecule has 9 heteroatoms. The van der Waals surface area contributed by atoms with Gasteiger partial charge in [-0.1, -0.05) is 33.3 Å². The number of ether oxygens (including phenoxy) is 1. The summed E-state index contributed by atoms with van der Waals surface area (Å²) in [5.74, 6) is -0.267. The van der Waals surface area contributed by atoms with Gasteiger partial charge in [0.25, 0.3) is 0 Å². The molecule has 6 atom stereocenters. The second-order valence-electron chi connectivity index (χ2n) is 11.3. The van der Waals surface area contributed by atoms with Gasteiger partial charge in [0.2, 0.25) is 0 Å². The summed E-state index contributed by atoms with van der Waals surface area (Å²) in [5, 5.41) is 0. The largest absolute Gasteiger partial charge is 0.461 e. The number of allylic oxidation sites excluding steroid dienone is 1. The van der Waals surface area contributed by atoms with Gasteiger partial charge >= 0.3 is 16.4 Å². The highest BCUT2D eigenvalue weighted by Gasteiger charge is 2.62. The standard InChI is InChI=1S/C24H39NO7S/c1-15-16(13-21(27)31-12-11-25(5)6)7-8-17-22(15)18(26)14-19-23(2,3)20(32-33(28,29)30)9-10-24(17,19)4/h13,15,17,19-20,22H,7-12,14H2,1-6H3,(H,28,29,30)/b16-13+/t15-,17-,19-,20-,22-,24+/m0/s1. The van der Waals surface area contributed by atoms with Crippen molar-refractivity contribution in [2.75, 3.05) is 27.2 Å². The van der Waals surface area contributed by atoms with E-state index in [-0.39, 0.29) is 40.8 Å². The zero-order chi connectivity index (χ0) is 24.8. The lowest BCUT2D eigenvalue weighted by Gasteiger charge is -2.62. The number of likely N-dealkylation sites (N-methyl/N-ethyl adjacent to an activating group) is 1. The van der Waals surface area contributed by atoms with Crippen LogP contribution in [0, 0.1) is 34.5 Å². The van der Waals surface area contributed by atoms with Crippen molar-refractivity contribution in [3.63, 3.8) is 0 Å². The van der Waals surface area contributed by atoms with Crippen molar-refractivity contribution in [1.82, 2.24) is 4.90 Å². The molecule has 0 amide bonds. The van der Waals surface area contributed by atoms with Crippen LogP contribution in [-0.2, 0) is 28.9 Å². The summed E-state index contributed by atoms with van der Waals surface area (Å²) in [6, 6.07) is 0. The van der Waals surface area contributed by atoms with Gasteiger partial charge in [-0.25, -0.2) is 8.98 Å². The predicted molar refractivity (Wildman–Crippen MR) is 124 cm³/mol. The average Bonchev–Trinajstić information content (AvgIpc) is 2.67. The highest BCUT2D eigenvalue weighted by molar-refractivity contribution is 7.80. The number of ketones is 1. The molecule has 3 aliphatic carbocycles. The summed E-state index contributed by atoms with van der Waals surface area (Å²) in [7, 11) is -0.731. The number of hydrogen-bond acceptors (Lipinski definition) is 7. The van der Waals surface area contributed by atoms with E-state index in [2.05, 4.69) is 6.92 Å². The molecule has 3 aliphatic rings. The molecule has 0 saturated heterocycles. The molecular formula is C24H39NO7S. The first-order chi connectivity index (χ1) is 15.2. The van der Waals surface area contributed by atoms with E-state index in [9.17, 15) is 22.6 Å². The number of hydrogen-bond donors (Lipinski definition) is 1. The number of nitrogens with zero attached hydrogens (tertiary/aromatic N) is 1. The number of carbonyl (C=O) groups excluding carboxylic acids is 2. The van der Waals surface area contributed by atoms with Crippen LogP contribution in [0.3, 0.4) is 0 Å². The van der Waals surface area contributed by atoms with Crippen LogP contribution in [0.2, 0.25) is 0 Å². The average molecular weight is 486 g/mol. The fraction of sp³-hybridized carbons (Fsp3) is 0.833. The smallest absolute Gasteiger partial charge is 0.397 e. The molecule has 0 aromatic heterocycles. The second kappa shape index (κ2) is 9.40. The van der Waals surface area contributed by atoms with Gasteiger partial charge in [0.1, 0.15) is 12.4 Å². The van der Waals surface area contributed by atoms with Gasteiger partial charge in [0, 0.05) is 25.0 Å². The van der Waals surface area contributed by atoms with Gasteiger partial charge in [0.05, 0.1) is 6.10 Å². The van der Waals surface area contributed by atoms with E-state index in [4.69, 9.17) is 8.92 Å². The highest BCUT2D eigenvalue weighted by atomic mass is 32.3. The first kappa shape index (κ1) is 26.3. The molecular weight excluding hydrogens is 446 g/mol. The number of esters is 1. The molecule has 0 aromatic rings. The summed E-state index contributed by atoms with van der Waals surface area (Å²) in [6.45, 7) is 9.14. The van der Waals surface area contributed by atoms with E-state index in [1.165, 1.54) is 0 Å². The lowest BCUT2D eigenvalue weighted by Crippen LogP contribution is -2.60. The van der Waals surface area contributed by atoms with Gasteiger partial charge in [-0.3, -0.25) is 9.35 Å². The Morgan fingerprint density at radius 1 is 1.24 bits per heavy atom. The molecule has 0 unspecified atom stereocenters. The number of rotatable bonds is 6. The lowest BCUT2D eigenvalue weighted by molar-refractivity contribution is -0.169. The maximum absolute atomic E-state index is 13.4. The van der Waals surface area contributed by atoms with Crippen LogP contribution in [0.15, 0.2) is 11.6 Å². The minimum Gasteiger partial charge on any atom is -0.461 e. The van der Waals surface area contributed by atoms with Gasteiger partial charge < -0.3 is 9.64 Å². The quantitative estimate of drug-likeness (QED) is 0.347. The molecule has 8 nitrogen and oxygen atoms in total. The molecule has 33 heavy (non-hydrogen) atoms. The maximum atomic E-state index is 13.4. The summed E-state index contributed by atoms with van der Waals surface area (Å²) in [5.41, 5.74) is 0.246.